The molecule has 1 aromatic carbocycles. The molecular formula is C14H21NO2. The topological polar surface area (TPSA) is 32.7 Å². The van der Waals surface area contributed by atoms with Crippen LogP contribution in [0.15, 0.2) is 24.3 Å². The highest BCUT2D eigenvalue weighted by Crippen LogP contribution is 2.17. The number of aliphatic hydroxyl groups is 1. The molecule has 1 N–H and O–H groups in total. The second-order valence-electron chi connectivity index (χ2n) is 4.75. The van der Waals surface area contributed by atoms with Crippen LogP contribution in [0.4, 0.5) is 0 Å². The van der Waals surface area contributed by atoms with E-state index in [1.807, 2.05) is 18.2 Å². The molecule has 0 aromatic heterocycles. The van der Waals surface area contributed by atoms with Gasteiger partial charge in [0.25, 0.3) is 0 Å². The Morgan fingerprint density at radius 1 is 1.41 bits per heavy atom. The number of aryl methyl sites for hydroxylation is 1. The van der Waals surface area contributed by atoms with Crippen molar-refractivity contribution in [2.75, 3.05) is 32.8 Å². The lowest BCUT2D eigenvalue weighted by atomic mass is 10.1. The molecule has 94 valence electrons. The van der Waals surface area contributed by atoms with Crippen LogP contribution in [-0.2, 0) is 0 Å². The fraction of sp³-hybridized carbons (Fsp3) is 0.571. The van der Waals surface area contributed by atoms with Crippen molar-refractivity contribution in [3.63, 3.8) is 0 Å². The average molecular weight is 235 g/mol. The zero-order valence-corrected chi connectivity index (χ0v) is 10.4. The van der Waals surface area contributed by atoms with Gasteiger partial charge in [-0.05, 0) is 37.4 Å². The lowest BCUT2D eigenvalue weighted by Gasteiger charge is -2.16. The molecule has 0 radical (unpaired) electrons. The van der Waals surface area contributed by atoms with Crippen molar-refractivity contribution in [1.82, 2.24) is 4.90 Å². The maximum Gasteiger partial charge on any atom is 0.122 e. The monoisotopic (exact) mass is 235 g/mol. The Morgan fingerprint density at radius 2 is 2.24 bits per heavy atom. The zero-order valence-electron chi connectivity index (χ0n) is 10.4. The molecule has 1 unspecified atom stereocenters. The van der Waals surface area contributed by atoms with E-state index in [-0.39, 0.29) is 0 Å². The van der Waals surface area contributed by atoms with Crippen LogP contribution >= 0.6 is 0 Å². The summed E-state index contributed by atoms with van der Waals surface area (Å²) in [5.41, 5.74) is 1.18. The summed E-state index contributed by atoms with van der Waals surface area (Å²) in [6.45, 7) is 6.14. The Labute approximate surface area is 103 Å². The molecule has 17 heavy (non-hydrogen) atoms. The molecule has 0 aliphatic carbocycles. The van der Waals surface area contributed by atoms with E-state index in [0.29, 0.717) is 12.5 Å². The fourth-order valence-electron chi connectivity index (χ4n) is 2.27. The highest BCUT2D eigenvalue weighted by atomic mass is 16.5. The average Bonchev–Trinajstić information content (AvgIpc) is 2.80. The van der Waals surface area contributed by atoms with Gasteiger partial charge >= 0.3 is 0 Å². The van der Waals surface area contributed by atoms with Gasteiger partial charge in [-0.15, -0.1) is 0 Å². The number of hydrogen-bond donors (Lipinski definition) is 1. The van der Waals surface area contributed by atoms with Crippen LogP contribution in [0.2, 0.25) is 0 Å². The summed E-state index contributed by atoms with van der Waals surface area (Å²) in [6.07, 6.45) is 1.11. The molecule has 1 aliphatic rings. The number of benzene rings is 1. The van der Waals surface area contributed by atoms with Gasteiger partial charge in [-0.25, -0.2) is 0 Å². The summed E-state index contributed by atoms with van der Waals surface area (Å²) in [5, 5.41) is 9.07. The quantitative estimate of drug-likeness (QED) is 0.843. The first-order valence-electron chi connectivity index (χ1n) is 6.31. The Kier molecular flexibility index (Phi) is 4.40. The minimum absolute atomic E-state index is 0.315. The highest BCUT2D eigenvalue weighted by molar-refractivity contribution is 5.31. The third kappa shape index (κ3) is 3.45. The highest BCUT2D eigenvalue weighted by Gasteiger charge is 2.21. The Bertz CT molecular complexity index is 354. The molecule has 1 heterocycles. The maximum absolute atomic E-state index is 9.07. The summed E-state index contributed by atoms with van der Waals surface area (Å²) < 4.78 is 5.76. The van der Waals surface area contributed by atoms with Gasteiger partial charge in [0.1, 0.15) is 12.4 Å². The molecule has 0 bridgehead atoms. The third-order valence-electron chi connectivity index (χ3n) is 3.39. The lowest BCUT2D eigenvalue weighted by molar-refractivity contribution is 0.204. The summed E-state index contributed by atoms with van der Waals surface area (Å²) in [6, 6.07) is 8.09. The fourth-order valence-corrected chi connectivity index (χ4v) is 2.27. The summed E-state index contributed by atoms with van der Waals surface area (Å²) >= 11 is 0. The number of nitrogens with zero attached hydrogens (tertiary/aromatic N) is 1. The van der Waals surface area contributed by atoms with Crippen LogP contribution in [0.25, 0.3) is 0 Å². The number of rotatable bonds is 5. The molecule has 1 atom stereocenters. The Morgan fingerprint density at radius 3 is 2.94 bits per heavy atom. The van der Waals surface area contributed by atoms with E-state index in [0.717, 1.165) is 38.4 Å². The van der Waals surface area contributed by atoms with Gasteiger partial charge < -0.3 is 9.84 Å². The first kappa shape index (κ1) is 12.4. The Hall–Kier alpha value is -1.06. The van der Waals surface area contributed by atoms with Crippen molar-refractivity contribution in [3.8, 4) is 5.75 Å². The molecule has 1 saturated heterocycles. The second-order valence-corrected chi connectivity index (χ2v) is 4.75. The minimum atomic E-state index is 0.315. The number of ether oxygens (including phenoxy) is 1. The van der Waals surface area contributed by atoms with E-state index in [9.17, 15) is 0 Å². The minimum Gasteiger partial charge on any atom is -0.492 e. The zero-order chi connectivity index (χ0) is 12.1. The van der Waals surface area contributed by atoms with Crippen molar-refractivity contribution in [2.24, 2.45) is 5.92 Å². The summed E-state index contributed by atoms with van der Waals surface area (Å²) in [4.78, 5) is 2.36. The van der Waals surface area contributed by atoms with Crippen LogP contribution in [0, 0.1) is 12.8 Å². The standard InChI is InChI=1S/C14H21NO2/c1-12-4-2-3-5-14(12)17-9-8-15-7-6-13(10-15)11-16/h2-5,13,16H,6-11H2,1H3. The maximum atomic E-state index is 9.07. The largest absolute Gasteiger partial charge is 0.492 e. The summed E-state index contributed by atoms with van der Waals surface area (Å²) in [7, 11) is 0. The number of para-hydroxylation sites is 1. The van der Waals surface area contributed by atoms with E-state index in [1.54, 1.807) is 0 Å². The van der Waals surface area contributed by atoms with Crippen LogP contribution in [0.1, 0.15) is 12.0 Å². The molecule has 0 spiro atoms. The molecular weight excluding hydrogens is 214 g/mol. The van der Waals surface area contributed by atoms with Crippen LogP contribution < -0.4 is 4.74 Å². The van der Waals surface area contributed by atoms with Crippen molar-refractivity contribution >= 4 is 0 Å². The van der Waals surface area contributed by atoms with E-state index in [1.165, 1.54) is 5.56 Å². The normalized spacial score (nSPS) is 20.7. The third-order valence-corrected chi connectivity index (χ3v) is 3.39. The van der Waals surface area contributed by atoms with Gasteiger partial charge in [-0.2, -0.15) is 0 Å². The van der Waals surface area contributed by atoms with E-state index < -0.39 is 0 Å². The van der Waals surface area contributed by atoms with Crippen molar-refractivity contribution in [1.29, 1.82) is 0 Å². The van der Waals surface area contributed by atoms with Crippen LogP contribution in [0.5, 0.6) is 5.75 Å². The van der Waals surface area contributed by atoms with E-state index in [4.69, 9.17) is 9.84 Å². The first-order valence-corrected chi connectivity index (χ1v) is 6.31. The van der Waals surface area contributed by atoms with Crippen LogP contribution in [-0.4, -0.2) is 42.9 Å². The van der Waals surface area contributed by atoms with Crippen molar-refractivity contribution < 1.29 is 9.84 Å². The molecule has 1 aromatic rings. The molecule has 1 fully saturated rings. The number of hydrogen-bond acceptors (Lipinski definition) is 3. The summed E-state index contributed by atoms with van der Waals surface area (Å²) in [5.74, 6) is 1.44. The molecule has 3 nitrogen and oxygen atoms in total. The van der Waals surface area contributed by atoms with Crippen LogP contribution in [0.3, 0.4) is 0 Å². The smallest absolute Gasteiger partial charge is 0.122 e. The lowest BCUT2D eigenvalue weighted by Crippen LogP contribution is -2.26. The van der Waals surface area contributed by atoms with Gasteiger partial charge in [0.2, 0.25) is 0 Å². The SMILES string of the molecule is Cc1ccccc1OCCN1CCC(CO)C1. The van der Waals surface area contributed by atoms with Gasteiger partial charge in [-0.3, -0.25) is 4.90 Å². The molecule has 0 saturated carbocycles. The van der Waals surface area contributed by atoms with Gasteiger partial charge in [0, 0.05) is 19.7 Å². The second kappa shape index (κ2) is 6.03. The molecule has 3 heteroatoms. The predicted octanol–water partition coefficient (Wildman–Crippen LogP) is 1.69. The van der Waals surface area contributed by atoms with Gasteiger partial charge in [0.05, 0.1) is 0 Å². The molecule has 0 amide bonds. The number of likely N-dealkylation sites (tertiary alicyclic amines) is 1. The van der Waals surface area contributed by atoms with Gasteiger partial charge in [-0.1, -0.05) is 18.2 Å². The van der Waals surface area contributed by atoms with E-state index in [2.05, 4.69) is 17.9 Å². The molecule has 2 rings (SSSR count). The van der Waals surface area contributed by atoms with Gasteiger partial charge in [0.15, 0.2) is 0 Å². The first-order chi connectivity index (χ1) is 8.29. The van der Waals surface area contributed by atoms with E-state index >= 15 is 0 Å². The van der Waals surface area contributed by atoms with Crippen molar-refractivity contribution in [3.05, 3.63) is 29.8 Å². The molecule has 1 aliphatic heterocycles. The Balaban J connectivity index is 1.72. The predicted molar refractivity (Wildman–Crippen MR) is 68.3 cm³/mol. The van der Waals surface area contributed by atoms with Crippen molar-refractivity contribution in [2.45, 2.75) is 13.3 Å². The number of aliphatic hydroxyl groups excluding tert-OH is 1.